The third kappa shape index (κ3) is 3.37. The van der Waals surface area contributed by atoms with Crippen molar-refractivity contribution in [2.45, 2.75) is 25.8 Å². The van der Waals surface area contributed by atoms with Crippen molar-refractivity contribution in [2.75, 3.05) is 12.0 Å². The van der Waals surface area contributed by atoms with E-state index < -0.39 is 9.84 Å². The Morgan fingerprint density at radius 2 is 2.10 bits per heavy atom. The van der Waals surface area contributed by atoms with Crippen molar-refractivity contribution in [2.24, 2.45) is 5.73 Å². The first-order valence-corrected chi connectivity index (χ1v) is 8.46. The SMILES string of the molecule is Cc1c(C(N)CCCS(C)(=O)=O)oc2ccc(F)cc12. The van der Waals surface area contributed by atoms with Crippen LogP contribution in [0.5, 0.6) is 0 Å². The van der Waals surface area contributed by atoms with E-state index in [2.05, 4.69) is 0 Å². The van der Waals surface area contributed by atoms with Gasteiger partial charge in [-0.2, -0.15) is 0 Å². The third-order valence-corrected chi connectivity index (χ3v) is 4.33. The standard InChI is InChI=1S/C14H18FNO3S/c1-9-11-8-10(15)5-6-13(11)19-14(9)12(16)4-3-7-20(2,17)18/h5-6,8,12H,3-4,7,16H2,1-2H3. The molecule has 20 heavy (non-hydrogen) atoms. The molecule has 1 aromatic heterocycles. The molecule has 6 heteroatoms. The third-order valence-electron chi connectivity index (χ3n) is 3.30. The highest BCUT2D eigenvalue weighted by atomic mass is 32.2. The summed E-state index contributed by atoms with van der Waals surface area (Å²) < 4.78 is 41.1. The van der Waals surface area contributed by atoms with E-state index in [-0.39, 0.29) is 17.6 Å². The number of benzene rings is 1. The fraction of sp³-hybridized carbons (Fsp3) is 0.429. The van der Waals surface area contributed by atoms with Crippen LogP contribution in [0, 0.1) is 12.7 Å². The molecule has 0 fully saturated rings. The Hall–Kier alpha value is -1.40. The van der Waals surface area contributed by atoms with Gasteiger partial charge in [0.1, 0.15) is 27.0 Å². The number of furan rings is 1. The molecule has 1 atom stereocenters. The quantitative estimate of drug-likeness (QED) is 0.921. The molecule has 0 radical (unpaired) electrons. The van der Waals surface area contributed by atoms with Crippen molar-refractivity contribution in [1.82, 2.24) is 0 Å². The Balaban J connectivity index is 2.18. The highest BCUT2D eigenvalue weighted by Gasteiger charge is 2.17. The van der Waals surface area contributed by atoms with E-state index in [0.29, 0.717) is 29.6 Å². The van der Waals surface area contributed by atoms with Crippen molar-refractivity contribution >= 4 is 20.8 Å². The van der Waals surface area contributed by atoms with Gasteiger partial charge in [0.25, 0.3) is 0 Å². The van der Waals surface area contributed by atoms with Crippen LogP contribution < -0.4 is 5.73 Å². The Labute approximate surface area is 117 Å². The smallest absolute Gasteiger partial charge is 0.147 e. The van der Waals surface area contributed by atoms with Gasteiger partial charge in [-0.1, -0.05) is 0 Å². The number of hydrogen-bond acceptors (Lipinski definition) is 4. The minimum atomic E-state index is -2.98. The summed E-state index contributed by atoms with van der Waals surface area (Å²) in [6.07, 6.45) is 2.19. The van der Waals surface area contributed by atoms with Gasteiger partial charge in [0.05, 0.1) is 6.04 Å². The normalized spacial score (nSPS) is 13.8. The minimum absolute atomic E-state index is 0.106. The number of halogens is 1. The summed E-state index contributed by atoms with van der Waals surface area (Å²) in [4.78, 5) is 0. The number of nitrogens with two attached hydrogens (primary N) is 1. The molecule has 2 N–H and O–H groups in total. The number of sulfone groups is 1. The summed E-state index contributed by atoms with van der Waals surface area (Å²) in [6.45, 7) is 1.83. The van der Waals surface area contributed by atoms with Gasteiger partial charge in [-0.05, 0) is 38.0 Å². The Morgan fingerprint density at radius 3 is 2.75 bits per heavy atom. The Kier molecular flexibility index (Phi) is 4.15. The van der Waals surface area contributed by atoms with E-state index in [1.165, 1.54) is 18.4 Å². The maximum absolute atomic E-state index is 13.2. The number of aryl methyl sites for hydroxylation is 1. The lowest BCUT2D eigenvalue weighted by Gasteiger charge is -2.09. The van der Waals surface area contributed by atoms with Crippen LogP contribution in [-0.2, 0) is 9.84 Å². The van der Waals surface area contributed by atoms with Crippen LogP contribution >= 0.6 is 0 Å². The number of rotatable bonds is 5. The highest BCUT2D eigenvalue weighted by Crippen LogP contribution is 2.30. The predicted molar refractivity (Wildman–Crippen MR) is 76.8 cm³/mol. The van der Waals surface area contributed by atoms with Crippen LogP contribution in [0.1, 0.15) is 30.2 Å². The minimum Gasteiger partial charge on any atom is -0.459 e. The number of hydrogen-bond donors (Lipinski definition) is 1. The number of fused-ring (bicyclic) bond motifs is 1. The first-order valence-electron chi connectivity index (χ1n) is 6.40. The lowest BCUT2D eigenvalue weighted by atomic mass is 10.1. The van der Waals surface area contributed by atoms with Crippen molar-refractivity contribution < 1.29 is 17.2 Å². The summed E-state index contributed by atoms with van der Waals surface area (Å²) >= 11 is 0. The van der Waals surface area contributed by atoms with Gasteiger partial charge >= 0.3 is 0 Å². The highest BCUT2D eigenvalue weighted by molar-refractivity contribution is 7.90. The van der Waals surface area contributed by atoms with Gasteiger partial charge < -0.3 is 10.2 Å². The van der Waals surface area contributed by atoms with Crippen LogP contribution in [0.2, 0.25) is 0 Å². The van der Waals surface area contributed by atoms with Crippen LogP contribution in [0.15, 0.2) is 22.6 Å². The van der Waals surface area contributed by atoms with E-state index in [1.54, 1.807) is 6.07 Å². The molecule has 0 aliphatic rings. The zero-order chi connectivity index (χ0) is 14.9. The van der Waals surface area contributed by atoms with Crippen LogP contribution in [0.25, 0.3) is 11.0 Å². The molecule has 0 amide bonds. The van der Waals surface area contributed by atoms with Crippen molar-refractivity contribution in [3.8, 4) is 0 Å². The second-order valence-electron chi connectivity index (χ2n) is 5.11. The van der Waals surface area contributed by atoms with Gasteiger partial charge in [-0.25, -0.2) is 12.8 Å². The molecule has 110 valence electrons. The van der Waals surface area contributed by atoms with Crippen LogP contribution in [0.4, 0.5) is 4.39 Å². The van der Waals surface area contributed by atoms with E-state index >= 15 is 0 Å². The van der Waals surface area contributed by atoms with E-state index in [0.717, 1.165) is 5.56 Å². The molecule has 2 rings (SSSR count). The zero-order valence-electron chi connectivity index (χ0n) is 11.5. The van der Waals surface area contributed by atoms with Gasteiger partial charge in [-0.3, -0.25) is 0 Å². The molecule has 0 aliphatic heterocycles. The van der Waals surface area contributed by atoms with Gasteiger partial charge in [0, 0.05) is 23.0 Å². The summed E-state index contributed by atoms with van der Waals surface area (Å²) in [6, 6.07) is 3.95. The van der Waals surface area contributed by atoms with E-state index in [4.69, 9.17) is 10.2 Å². The average molecular weight is 299 g/mol. The molecule has 0 aliphatic carbocycles. The molecule has 1 heterocycles. The average Bonchev–Trinajstić information content (AvgIpc) is 2.65. The van der Waals surface area contributed by atoms with Crippen molar-refractivity contribution in [3.05, 3.63) is 35.3 Å². The van der Waals surface area contributed by atoms with Gasteiger partial charge in [-0.15, -0.1) is 0 Å². The molecular weight excluding hydrogens is 281 g/mol. The lowest BCUT2D eigenvalue weighted by molar-refractivity contribution is 0.471. The lowest BCUT2D eigenvalue weighted by Crippen LogP contribution is -2.13. The summed E-state index contributed by atoms with van der Waals surface area (Å²) in [7, 11) is -2.98. The summed E-state index contributed by atoms with van der Waals surface area (Å²) in [5.41, 5.74) is 7.45. The zero-order valence-corrected chi connectivity index (χ0v) is 12.3. The van der Waals surface area contributed by atoms with Crippen LogP contribution in [-0.4, -0.2) is 20.4 Å². The largest absolute Gasteiger partial charge is 0.459 e. The van der Waals surface area contributed by atoms with E-state index in [9.17, 15) is 12.8 Å². The molecule has 4 nitrogen and oxygen atoms in total. The maximum Gasteiger partial charge on any atom is 0.147 e. The van der Waals surface area contributed by atoms with Crippen molar-refractivity contribution in [3.63, 3.8) is 0 Å². The monoisotopic (exact) mass is 299 g/mol. The molecule has 0 spiro atoms. The Bertz CT molecular complexity index is 721. The maximum atomic E-state index is 13.2. The topological polar surface area (TPSA) is 73.3 Å². The fourth-order valence-electron chi connectivity index (χ4n) is 2.26. The predicted octanol–water partition coefficient (Wildman–Crippen LogP) is 2.70. The molecule has 0 bridgehead atoms. The molecule has 1 unspecified atom stereocenters. The van der Waals surface area contributed by atoms with Gasteiger partial charge in [0.2, 0.25) is 0 Å². The molecule has 0 saturated carbocycles. The fourth-order valence-corrected chi connectivity index (χ4v) is 2.95. The van der Waals surface area contributed by atoms with Crippen molar-refractivity contribution in [1.29, 1.82) is 0 Å². The summed E-state index contributed by atoms with van der Waals surface area (Å²) in [5.74, 6) is 0.381. The van der Waals surface area contributed by atoms with Crippen LogP contribution in [0.3, 0.4) is 0 Å². The van der Waals surface area contributed by atoms with Gasteiger partial charge in [0.15, 0.2) is 0 Å². The first kappa shape index (κ1) is 15.0. The Morgan fingerprint density at radius 1 is 1.40 bits per heavy atom. The molecule has 1 aromatic carbocycles. The molecular formula is C14H18FNO3S. The second-order valence-corrected chi connectivity index (χ2v) is 7.37. The summed E-state index contributed by atoms with van der Waals surface area (Å²) in [5, 5.41) is 0.707. The molecule has 2 aromatic rings. The van der Waals surface area contributed by atoms with E-state index in [1.807, 2.05) is 6.92 Å². The molecule has 0 saturated heterocycles. The second kappa shape index (κ2) is 5.54. The first-order chi connectivity index (χ1) is 9.28.